The standard InChI is InChI=1S/C23H23N5O3/c1-14-15(2)27(3)19-7-6-16(11-18(14)19)23(29)28-9-10-30-20(13-28)22-25-21(26-31-22)17-5-4-8-24-12-17/h4-8,11-12,20H,9-10,13H2,1-3H3. The predicted molar refractivity (Wildman–Crippen MR) is 115 cm³/mol. The van der Waals surface area contributed by atoms with Gasteiger partial charge in [-0.15, -0.1) is 0 Å². The van der Waals surface area contributed by atoms with Crippen molar-refractivity contribution in [3.05, 3.63) is 65.4 Å². The van der Waals surface area contributed by atoms with Crippen LogP contribution in [0, 0.1) is 13.8 Å². The maximum atomic E-state index is 13.2. The average molecular weight is 417 g/mol. The summed E-state index contributed by atoms with van der Waals surface area (Å²) in [6.07, 6.45) is 2.91. The molecule has 1 aliphatic rings. The fraction of sp³-hybridized carbons (Fsp3) is 0.304. The second-order valence-electron chi connectivity index (χ2n) is 7.81. The SMILES string of the molecule is Cc1c(C)n(C)c2ccc(C(=O)N3CCOC(c4nc(-c5cccnc5)no4)C3)cc12. The number of morpholine rings is 1. The van der Waals surface area contributed by atoms with Crippen LogP contribution >= 0.6 is 0 Å². The Labute approximate surface area is 179 Å². The van der Waals surface area contributed by atoms with Crippen LogP contribution in [0.4, 0.5) is 0 Å². The molecular formula is C23H23N5O3. The quantitative estimate of drug-likeness (QED) is 0.507. The molecule has 8 nitrogen and oxygen atoms in total. The maximum Gasteiger partial charge on any atom is 0.257 e. The van der Waals surface area contributed by atoms with Gasteiger partial charge in [0.2, 0.25) is 5.82 Å². The van der Waals surface area contributed by atoms with Gasteiger partial charge in [0.15, 0.2) is 6.10 Å². The Balaban J connectivity index is 1.37. The summed E-state index contributed by atoms with van der Waals surface area (Å²) in [5.41, 5.74) is 4.96. The van der Waals surface area contributed by atoms with Gasteiger partial charge in [0.05, 0.1) is 13.2 Å². The third-order valence-corrected chi connectivity index (χ3v) is 6.05. The first-order valence-electron chi connectivity index (χ1n) is 10.2. The molecule has 0 spiro atoms. The number of amides is 1. The smallest absolute Gasteiger partial charge is 0.257 e. The number of carbonyl (C=O) groups excluding carboxylic acids is 1. The molecule has 1 unspecified atom stereocenters. The van der Waals surface area contributed by atoms with E-state index >= 15 is 0 Å². The Morgan fingerprint density at radius 2 is 2.10 bits per heavy atom. The molecule has 1 amide bonds. The molecule has 8 heteroatoms. The van der Waals surface area contributed by atoms with Crippen LogP contribution in [0.2, 0.25) is 0 Å². The molecule has 5 rings (SSSR count). The van der Waals surface area contributed by atoms with Crippen molar-refractivity contribution in [1.82, 2.24) is 24.6 Å². The van der Waals surface area contributed by atoms with Crippen molar-refractivity contribution in [1.29, 1.82) is 0 Å². The number of pyridine rings is 1. The molecule has 31 heavy (non-hydrogen) atoms. The van der Waals surface area contributed by atoms with E-state index in [4.69, 9.17) is 9.26 Å². The molecule has 0 N–H and O–H groups in total. The number of ether oxygens (including phenoxy) is 1. The molecule has 0 saturated carbocycles. The molecule has 4 aromatic rings. The van der Waals surface area contributed by atoms with Crippen molar-refractivity contribution in [2.45, 2.75) is 20.0 Å². The highest BCUT2D eigenvalue weighted by Gasteiger charge is 2.30. The zero-order chi connectivity index (χ0) is 21.5. The number of nitrogens with zero attached hydrogens (tertiary/aromatic N) is 5. The lowest BCUT2D eigenvalue weighted by Gasteiger charge is -2.31. The van der Waals surface area contributed by atoms with Crippen molar-refractivity contribution >= 4 is 16.8 Å². The summed E-state index contributed by atoms with van der Waals surface area (Å²) in [6.45, 7) is 5.47. The number of aryl methyl sites for hydroxylation is 2. The van der Waals surface area contributed by atoms with Crippen molar-refractivity contribution in [2.24, 2.45) is 7.05 Å². The van der Waals surface area contributed by atoms with Crippen LogP contribution in [0.1, 0.15) is 33.6 Å². The number of benzene rings is 1. The van der Waals surface area contributed by atoms with E-state index in [1.54, 1.807) is 17.3 Å². The fourth-order valence-corrected chi connectivity index (χ4v) is 4.03. The number of rotatable bonds is 3. The largest absolute Gasteiger partial charge is 0.365 e. The second kappa shape index (κ2) is 7.63. The lowest BCUT2D eigenvalue weighted by Crippen LogP contribution is -2.42. The van der Waals surface area contributed by atoms with Gasteiger partial charge in [-0.1, -0.05) is 5.16 Å². The maximum absolute atomic E-state index is 13.2. The highest BCUT2D eigenvalue weighted by Crippen LogP contribution is 2.28. The Morgan fingerprint density at radius 1 is 1.23 bits per heavy atom. The minimum Gasteiger partial charge on any atom is -0.365 e. The first-order chi connectivity index (χ1) is 15.0. The Morgan fingerprint density at radius 3 is 2.90 bits per heavy atom. The van der Waals surface area contributed by atoms with Gasteiger partial charge in [-0.05, 0) is 49.7 Å². The van der Waals surface area contributed by atoms with Crippen LogP contribution in [0.15, 0.2) is 47.2 Å². The number of aromatic nitrogens is 4. The number of hydrogen-bond acceptors (Lipinski definition) is 6. The summed E-state index contributed by atoms with van der Waals surface area (Å²) in [5.74, 6) is 0.792. The fourth-order valence-electron chi connectivity index (χ4n) is 4.03. The topological polar surface area (TPSA) is 86.3 Å². The molecule has 0 radical (unpaired) electrons. The Kier molecular flexibility index (Phi) is 4.78. The molecule has 1 aromatic carbocycles. The molecule has 1 aliphatic heterocycles. The van der Waals surface area contributed by atoms with E-state index in [1.807, 2.05) is 37.4 Å². The van der Waals surface area contributed by atoms with Crippen LogP contribution in [0.3, 0.4) is 0 Å². The van der Waals surface area contributed by atoms with Gasteiger partial charge in [-0.3, -0.25) is 9.78 Å². The zero-order valence-electron chi connectivity index (χ0n) is 17.7. The minimum absolute atomic E-state index is 0.0249. The van der Waals surface area contributed by atoms with Gasteiger partial charge < -0.3 is 18.7 Å². The molecule has 1 fully saturated rings. The Hall–Kier alpha value is -3.52. The van der Waals surface area contributed by atoms with Gasteiger partial charge in [0.25, 0.3) is 11.8 Å². The summed E-state index contributed by atoms with van der Waals surface area (Å²) in [4.78, 5) is 23.6. The third kappa shape index (κ3) is 3.38. The lowest BCUT2D eigenvalue weighted by atomic mass is 10.1. The van der Waals surface area contributed by atoms with E-state index in [0.29, 0.717) is 37.0 Å². The second-order valence-corrected chi connectivity index (χ2v) is 7.81. The molecule has 0 bridgehead atoms. The van der Waals surface area contributed by atoms with Gasteiger partial charge in [-0.2, -0.15) is 4.98 Å². The zero-order valence-corrected chi connectivity index (χ0v) is 17.7. The van der Waals surface area contributed by atoms with E-state index < -0.39 is 6.10 Å². The predicted octanol–water partition coefficient (Wildman–Crippen LogP) is 3.45. The van der Waals surface area contributed by atoms with Crippen LogP contribution in [-0.4, -0.2) is 50.2 Å². The summed E-state index contributed by atoms with van der Waals surface area (Å²) in [6, 6.07) is 9.57. The van der Waals surface area contributed by atoms with Gasteiger partial charge >= 0.3 is 0 Å². The van der Waals surface area contributed by atoms with Crippen molar-refractivity contribution < 1.29 is 14.1 Å². The monoisotopic (exact) mass is 417 g/mol. The summed E-state index contributed by atoms with van der Waals surface area (Å²) < 4.78 is 13.4. The van der Waals surface area contributed by atoms with Gasteiger partial charge in [0, 0.05) is 53.7 Å². The molecule has 1 saturated heterocycles. The third-order valence-electron chi connectivity index (χ3n) is 6.05. The minimum atomic E-state index is -0.458. The van der Waals surface area contributed by atoms with Crippen LogP contribution in [-0.2, 0) is 11.8 Å². The lowest BCUT2D eigenvalue weighted by molar-refractivity contribution is -0.0367. The highest BCUT2D eigenvalue weighted by atomic mass is 16.5. The van der Waals surface area contributed by atoms with Crippen LogP contribution < -0.4 is 0 Å². The molecule has 0 aliphatic carbocycles. The molecule has 158 valence electrons. The van der Waals surface area contributed by atoms with Crippen LogP contribution in [0.5, 0.6) is 0 Å². The van der Waals surface area contributed by atoms with E-state index in [-0.39, 0.29) is 5.91 Å². The van der Waals surface area contributed by atoms with Crippen molar-refractivity contribution in [2.75, 3.05) is 19.7 Å². The molecule has 1 atom stereocenters. The summed E-state index contributed by atoms with van der Waals surface area (Å²) in [7, 11) is 2.04. The van der Waals surface area contributed by atoms with Gasteiger partial charge in [-0.25, -0.2) is 0 Å². The van der Waals surface area contributed by atoms with Gasteiger partial charge in [0.1, 0.15) is 0 Å². The first-order valence-corrected chi connectivity index (χ1v) is 10.2. The molecular weight excluding hydrogens is 394 g/mol. The Bertz CT molecular complexity index is 1260. The summed E-state index contributed by atoms with van der Waals surface area (Å²) >= 11 is 0. The molecule has 3 aromatic heterocycles. The first kappa shape index (κ1) is 19.4. The average Bonchev–Trinajstić information content (AvgIpc) is 3.40. The van der Waals surface area contributed by atoms with Crippen LogP contribution in [0.25, 0.3) is 22.3 Å². The normalized spacial score (nSPS) is 16.7. The van der Waals surface area contributed by atoms with E-state index in [0.717, 1.165) is 16.5 Å². The highest BCUT2D eigenvalue weighted by molar-refractivity contribution is 5.99. The number of hydrogen-bond donors (Lipinski definition) is 0. The van der Waals surface area contributed by atoms with Crippen molar-refractivity contribution in [3.63, 3.8) is 0 Å². The van der Waals surface area contributed by atoms with E-state index in [1.165, 1.54) is 11.3 Å². The number of carbonyl (C=O) groups is 1. The summed E-state index contributed by atoms with van der Waals surface area (Å²) in [5, 5.41) is 5.14. The van der Waals surface area contributed by atoms with E-state index in [2.05, 4.69) is 33.5 Å². The van der Waals surface area contributed by atoms with E-state index in [9.17, 15) is 4.79 Å². The molecule has 4 heterocycles. The number of fused-ring (bicyclic) bond motifs is 1. The van der Waals surface area contributed by atoms with Crippen molar-refractivity contribution in [3.8, 4) is 11.4 Å².